The van der Waals surface area contributed by atoms with Crippen LogP contribution >= 0.6 is 0 Å². The van der Waals surface area contributed by atoms with Crippen molar-refractivity contribution in [3.8, 4) is 12.5 Å². The van der Waals surface area contributed by atoms with E-state index in [2.05, 4.69) is 27.0 Å². The van der Waals surface area contributed by atoms with E-state index < -0.39 is 0 Å². The van der Waals surface area contributed by atoms with Crippen LogP contribution in [0.4, 0.5) is 10.5 Å². The van der Waals surface area contributed by atoms with Crippen LogP contribution in [0.2, 0.25) is 0 Å². The van der Waals surface area contributed by atoms with Crippen molar-refractivity contribution in [3.05, 3.63) is 24.5 Å². The van der Waals surface area contributed by atoms with Crippen LogP contribution in [0.25, 0.3) is 11.0 Å². The third-order valence-electron chi connectivity index (χ3n) is 4.67. The normalized spacial score (nSPS) is 19.0. The Morgan fingerprint density at radius 2 is 2.19 bits per heavy atom. The first-order valence-corrected chi connectivity index (χ1v) is 8.87. The summed E-state index contributed by atoms with van der Waals surface area (Å²) >= 11 is 0. The Labute approximate surface area is 152 Å². The Kier molecular flexibility index (Phi) is 5.42. The van der Waals surface area contributed by atoms with Gasteiger partial charge in [-0.3, -0.25) is 9.36 Å². The van der Waals surface area contributed by atoms with Crippen LogP contribution in [-0.4, -0.2) is 33.6 Å². The molecule has 0 saturated carbocycles. The molecular weight excluding hydrogens is 330 g/mol. The number of nitrogens with one attached hydrogen (secondary N) is 3. The summed E-state index contributed by atoms with van der Waals surface area (Å²) in [7, 11) is 0. The van der Waals surface area contributed by atoms with Gasteiger partial charge in [0, 0.05) is 24.2 Å². The number of anilines is 1. The summed E-state index contributed by atoms with van der Waals surface area (Å²) in [6.07, 6.45) is 11.2. The summed E-state index contributed by atoms with van der Waals surface area (Å²) in [6, 6.07) is 8.27. The zero-order chi connectivity index (χ0) is 18.5. The third-order valence-corrected chi connectivity index (χ3v) is 4.67. The number of unbranched alkanes of at least 4 members (excludes halogenated alkanes) is 2. The van der Waals surface area contributed by atoms with E-state index in [0.717, 1.165) is 36.7 Å². The van der Waals surface area contributed by atoms with Gasteiger partial charge in [0.1, 0.15) is 6.33 Å². The van der Waals surface area contributed by atoms with Gasteiger partial charge in [-0.05, 0) is 38.0 Å². The van der Waals surface area contributed by atoms with E-state index in [1.807, 2.05) is 25.1 Å². The molecule has 2 atom stereocenters. The zero-order valence-corrected chi connectivity index (χ0v) is 14.8. The van der Waals surface area contributed by atoms with Gasteiger partial charge in [0.05, 0.1) is 17.1 Å². The lowest BCUT2D eigenvalue weighted by Gasteiger charge is -2.13. The Bertz CT molecular complexity index is 851. The molecule has 3 rings (SSSR count). The van der Waals surface area contributed by atoms with Gasteiger partial charge in [-0.25, -0.2) is 9.78 Å². The molecule has 0 spiro atoms. The number of hydrogen-bond donors (Lipinski definition) is 3. The number of carbonyl (C=O) groups excluding carboxylic acids is 2. The summed E-state index contributed by atoms with van der Waals surface area (Å²) in [6.45, 7) is 2.00. The van der Waals surface area contributed by atoms with Gasteiger partial charge in [-0.2, -0.15) is 0 Å². The molecule has 2 heterocycles. The maximum atomic E-state index is 12.1. The first-order chi connectivity index (χ1) is 12.6. The Hall–Kier alpha value is -3.01. The molecule has 26 heavy (non-hydrogen) atoms. The molecular formula is C19H23N5O2. The lowest BCUT2D eigenvalue weighted by molar-refractivity contribution is -0.116. The van der Waals surface area contributed by atoms with Gasteiger partial charge in [-0.1, -0.05) is 19.3 Å². The minimum absolute atomic E-state index is 0.0136. The molecule has 1 saturated heterocycles. The number of benzene rings is 1. The molecule has 1 aliphatic heterocycles. The zero-order valence-electron chi connectivity index (χ0n) is 14.8. The molecule has 7 heteroatoms. The van der Waals surface area contributed by atoms with Crippen LogP contribution in [0.3, 0.4) is 0 Å². The van der Waals surface area contributed by atoms with E-state index in [-0.39, 0.29) is 24.0 Å². The Balaban J connectivity index is 1.40. The van der Waals surface area contributed by atoms with E-state index in [1.54, 1.807) is 10.9 Å². The fourth-order valence-electron chi connectivity index (χ4n) is 3.20. The number of fused-ring (bicyclic) bond motifs is 1. The highest BCUT2D eigenvalue weighted by molar-refractivity contribution is 5.93. The first-order valence-electron chi connectivity index (χ1n) is 8.87. The number of amides is 3. The summed E-state index contributed by atoms with van der Waals surface area (Å²) in [5.41, 5.74) is 2.31. The SMILES string of the molecule is C#Cn1cnc2ccc(NC(=O)CCCCC[C@H]3NC(=O)N[C@H]3C)cc21. The second-order valence-corrected chi connectivity index (χ2v) is 6.61. The highest BCUT2D eigenvalue weighted by Crippen LogP contribution is 2.18. The standard InChI is InChI=1S/C19H23N5O2/c1-3-24-12-20-16-10-9-14(11-17(16)24)22-18(25)8-6-4-5-7-15-13(2)21-19(26)23-15/h1,9-13,15H,4-8H2,2H3,(H,22,25)(H2,21,23,26)/t13-,15+/m0/s1. The van der Waals surface area contributed by atoms with E-state index in [4.69, 9.17) is 6.42 Å². The third kappa shape index (κ3) is 4.14. The molecule has 3 N–H and O–H groups in total. The number of terminal acetylenes is 1. The van der Waals surface area contributed by atoms with Crippen molar-refractivity contribution in [3.63, 3.8) is 0 Å². The Morgan fingerprint density at radius 3 is 2.92 bits per heavy atom. The van der Waals surface area contributed by atoms with Crippen LogP contribution in [0.15, 0.2) is 24.5 Å². The number of aromatic nitrogens is 2. The molecule has 0 bridgehead atoms. The number of rotatable bonds is 7. The van der Waals surface area contributed by atoms with Crippen molar-refractivity contribution in [2.24, 2.45) is 0 Å². The second-order valence-electron chi connectivity index (χ2n) is 6.61. The molecule has 0 radical (unpaired) electrons. The highest BCUT2D eigenvalue weighted by Gasteiger charge is 2.26. The molecule has 3 amide bonds. The lowest BCUT2D eigenvalue weighted by Crippen LogP contribution is -2.30. The minimum atomic E-state index is -0.0926. The number of carbonyl (C=O) groups is 2. The first kappa shape index (κ1) is 17.8. The summed E-state index contributed by atoms with van der Waals surface area (Å²) in [4.78, 5) is 27.5. The van der Waals surface area contributed by atoms with Gasteiger partial charge < -0.3 is 16.0 Å². The Morgan fingerprint density at radius 1 is 1.35 bits per heavy atom. The summed E-state index contributed by atoms with van der Waals surface area (Å²) < 4.78 is 1.59. The fourth-order valence-corrected chi connectivity index (χ4v) is 3.20. The second kappa shape index (κ2) is 7.91. The van der Waals surface area contributed by atoms with E-state index in [0.29, 0.717) is 12.1 Å². The number of imidazole rings is 1. The molecule has 7 nitrogen and oxygen atoms in total. The van der Waals surface area contributed by atoms with Gasteiger partial charge in [0.2, 0.25) is 5.91 Å². The van der Waals surface area contributed by atoms with Crippen LogP contribution in [0, 0.1) is 12.5 Å². The molecule has 0 unspecified atom stereocenters. The smallest absolute Gasteiger partial charge is 0.315 e. The van der Waals surface area contributed by atoms with E-state index in [1.165, 1.54) is 0 Å². The van der Waals surface area contributed by atoms with Crippen LogP contribution in [0.1, 0.15) is 39.0 Å². The van der Waals surface area contributed by atoms with Crippen LogP contribution in [0.5, 0.6) is 0 Å². The highest BCUT2D eigenvalue weighted by atomic mass is 16.2. The summed E-state index contributed by atoms with van der Waals surface area (Å²) in [5, 5.41) is 8.65. The van der Waals surface area contributed by atoms with Crippen molar-refractivity contribution in [2.75, 3.05) is 5.32 Å². The predicted octanol–water partition coefficient (Wildman–Crippen LogP) is 2.43. The monoisotopic (exact) mass is 353 g/mol. The van der Waals surface area contributed by atoms with E-state index in [9.17, 15) is 9.59 Å². The molecule has 1 aromatic heterocycles. The van der Waals surface area contributed by atoms with Gasteiger partial charge in [-0.15, -0.1) is 0 Å². The maximum absolute atomic E-state index is 12.1. The molecule has 1 fully saturated rings. The number of urea groups is 1. The largest absolute Gasteiger partial charge is 0.334 e. The quantitative estimate of drug-likeness (QED) is 0.528. The molecule has 136 valence electrons. The van der Waals surface area contributed by atoms with Crippen molar-refractivity contribution in [1.29, 1.82) is 0 Å². The predicted molar refractivity (Wildman–Crippen MR) is 101 cm³/mol. The van der Waals surface area contributed by atoms with Crippen molar-refractivity contribution in [1.82, 2.24) is 20.2 Å². The minimum Gasteiger partial charge on any atom is -0.334 e. The number of hydrogen-bond acceptors (Lipinski definition) is 3. The summed E-state index contributed by atoms with van der Waals surface area (Å²) in [5.74, 6) is -0.0136. The lowest BCUT2D eigenvalue weighted by atomic mass is 10.0. The molecule has 2 aromatic rings. The molecule has 1 aliphatic rings. The van der Waals surface area contributed by atoms with Crippen LogP contribution < -0.4 is 16.0 Å². The van der Waals surface area contributed by atoms with Crippen molar-refractivity contribution >= 4 is 28.7 Å². The van der Waals surface area contributed by atoms with Crippen molar-refractivity contribution < 1.29 is 9.59 Å². The average Bonchev–Trinajstić information content (AvgIpc) is 3.16. The van der Waals surface area contributed by atoms with Crippen LogP contribution in [-0.2, 0) is 4.79 Å². The van der Waals surface area contributed by atoms with Gasteiger partial charge in [0.15, 0.2) is 0 Å². The average molecular weight is 353 g/mol. The maximum Gasteiger partial charge on any atom is 0.315 e. The fraction of sp³-hybridized carbons (Fsp3) is 0.421. The van der Waals surface area contributed by atoms with Crippen molar-refractivity contribution in [2.45, 2.75) is 51.1 Å². The van der Waals surface area contributed by atoms with Gasteiger partial charge >= 0.3 is 6.03 Å². The molecule has 1 aromatic carbocycles. The van der Waals surface area contributed by atoms with E-state index >= 15 is 0 Å². The van der Waals surface area contributed by atoms with Gasteiger partial charge in [0.25, 0.3) is 0 Å². The topological polar surface area (TPSA) is 88.1 Å². The number of nitrogens with zero attached hydrogens (tertiary/aromatic N) is 2. The molecule has 0 aliphatic carbocycles.